The maximum Gasteiger partial charge on any atom is 0.227 e. The van der Waals surface area contributed by atoms with Gasteiger partial charge < -0.3 is 9.64 Å². The van der Waals surface area contributed by atoms with Gasteiger partial charge in [0.25, 0.3) is 0 Å². The molecule has 1 unspecified atom stereocenters. The molecular formula is C24H30N2O2. The summed E-state index contributed by atoms with van der Waals surface area (Å²) in [5.41, 5.74) is 4.01. The van der Waals surface area contributed by atoms with Gasteiger partial charge in [-0.1, -0.05) is 50.2 Å². The van der Waals surface area contributed by atoms with Crippen LogP contribution in [0.2, 0.25) is 0 Å². The van der Waals surface area contributed by atoms with E-state index in [1.807, 2.05) is 36.1 Å². The summed E-state index contributed by atoms with van der Waals surface area (Å²) >= 11 is 0. The van der Waals surface area contributed by atoms with Gasteiger partial charge in [0.1, 0.15) is 5.75 Å². The van der Waals surface area contributed by atoms with E-state index in [1.54, 1.807) is 0 Å². The lowest BCUT2D eigenvalue weighted by Crippen LogP contribution is -2.56. The Hall–Kier alpha value is -2.33. The second-order valence-corrected chi connectivity index (χ2v) is 8.55. The lowest BCUT2D eigenvalue weighted by Gasteiger charge is -2.50. The fourth-order valence-electron chi connectivity index (χ4n) is 4.68. The summed E-state index contributed by atoms with van der Waals surface area (Å²) in [7, 11) is 0. The van der Waals surface area contributed by atoms with Gasteiger partial charge in [0.2, 0.25) is 5.91 Å². The summed E-state index contributed by atoms with van der Waals surface area (Å²) in [5.74, 6) is 1.07. The number of hydrogen-bond acceptors (Lipinski definition) is 3. The van der Waals surface area contributed by atoms with Crippen LogP contribution >= 0.6 is 0 Å². The van der Waals surface area contributed by atoms with Crippen LogP contribution in [0.5, 0.6) is 5.75 Å². The van der Waals surface area contributed by atoms with Gasteiger partial charge in [-0.05, 0) is 35.7 Å². The molecule has 1 atom stereocenters. The molecule has 1 amide bonds. The van der Waals surface area contributed by atoms with Crippen molar-refractivity contribution < 1.29 is 9.53 Å². The largest absolute Gasteiger partial charge is 0.494 e. The number of fused-ring (bicyclic) bond motifs is 3. The van der Waals surface area contributed by atoms with Gasteiger partial charge in [0, 0.05) is 31.6 Å². The van der Waals surface area contributed by atoms with E-state index in [0.717, 1.165) is 37.5 Å². The predicted octanol–water partition coefficient (Wildman–Crippen LogP) is 3.80. The molecule has 2 aliphatic rings. The molecule has 0 radical (unpaired) electrons. The molecule has 4 rings (SSSR count). The SMILES string of the molecule is CCOc1ccc(CC(=O)N2CCN3CC(C)(C)c4ccccc4C3C2)cc1. The van der Waals surface area contributed by atoms with Crippen molar-refractivity contribution in [1.29, 1.82) is 0 Å². The fourth-order valence-corrected chi connectivity index (χ4v) is 4.68. The minimum atomic E-state index is 0.154. The molecule has 0 N–H and O–H groups in total. The molecule has 4 nitrogen and oxygen atoms in total. The third kappa shape index (κ3) is 3.66. The van der Waals surface area contributed by atoms with Gasteiger partial charge in [-0.15, -0.1) is 0 Å². The van der Waals surface area contributed by atoms with Gasteiger partial charge in [-0.2, -0.15) is 0 Å². The van der Waals surface area contributed by atoms with E-state index in [9.17, 15) is 4.79 Å². The highest BCUT2D eigenvalue weighted by Crippen LogP contribution is 2.40. The van der Waals surface area contributed by atoms with Crippen molar-refractivity contribution in [3.63, 3.8) is 0 Å². The Labute approximate surface area is 168 Å². The minimum absolute atomic E-state index is 0.154. The molecule has 2 aromatic rings. The number of carbonyl (C=O) groups is 1. The number of piperazine rings is 1. The quantitative estimate of drug-likeness (QED) is 0.811. The molecule has 2 aromatic carbocycles. The topological polar surface area (TPSA) is 32.8 Å². The lowest BCUT2D eigenvalue weighted by molar-refractivity contribution is -0.134. The minimum Gasteiger partial charge on any atom is -0.494 e. The van der Waals surface area contributed by atoms with Gasteiger partial charge in [0.15, 0.2) is 0 Å². The molecule has 0 bridgehead atoms. The molecule has 0 saturated carbocycles. The van der Waals surface area contributed by atoms with Crippen LogP contribution in [-0.2, 0) is 16.6 Å². The Kier molecular flexibility index (Phi) is 5.15. The average Bonchev–Trinajstić information content (AvgIpc) is 2.69. The fraction of sp³-hybridized carbons (Fsp3) is 0.458. The number of nitrogens with zero attached hydrogens (tertiary/aromatic N) is 2. The summed E-state index contributed by atoms with van der Waals surface area (Å²) in [5, 5.41) is 0. The van der Waals surface area contributed by atoms with Crippen LogP contribution in [0.15, 0.2) is 48.5 Å². The molecule has 28 heavy (non-hydrogen) atoms. The zero-order valence-corrected chi connectivity index (χ0v) is 17.1. The van der Waals surface area contributed by atoms with E-state index < -0.39 is 0 Å². The molecule has 1 fully saturated rings. The molecule has 0 aromatic heterocycles. The zero-order valence-electron chi connectivity index (χ0n) is 17.1. The zero-order chi connectivity index (χ0) is 19.7. The molecule has 2 heterocycles. The molecule has 0 aliphatic carbocycles. The normalized spacial score (nSPS) is 21.0. The Morgan fingerprint density at radius 3 is 2.61 bits per heavy atom. The van der Waals surface area contributed by atoms with E-state index in [0.29, 0.717) is 19.1 Å². The summed E-state index contributed by atoms with van der Waals surface area (Å²) < 4.78 is 5.49. The highest BCUT2D eigenvalue weighted by molar-refractivity contribution is 5.79. The second-order valence-electron chi connectivity index (χ2n) is 8.55. The molecule has 1 saturated heterocycles. The second kappa shape index (κ2) is 7.59. The molecule has 2 aliphatic heterocycles. The smallest absolute Gasteiger partial charge is 0.227 e. The summed E-state index contributed by atoms with van der Waals surface area (Å²) in [6, 6.07) is 17.0. The van der Waals surface area contributed by atoms with Crippen molar-refractivity contribution in [2.45, 2.75) is 38.6 Å². The number of carbonyl (C=O) groups excluding carboxylic acids is 1. The highest BCUT2D eigenvalue weighted by Gasteiger charge is 2.40. The first-order valence-electron chi connectivity index (χ1n) is 10.3. The van der Waals surface area contributed by atoms with Gasteiger partial charge in [-0.3, -0.25) is 9.69 Å². The van der Waals surface area contributed by atoms with Crippen LogP contribution in [0.3, 0.4) is 0 Å². The number of ether oxygens (including phenoxy) is 1. The monoisotopic (exact) mass is 378 g/mol. The van der Waals surface area contributed by atoms with Gasteiger partial charge >= 0.3 is 0 Å². The molecule has 148 valence electrons. The first kappa shape index (κ1) is 19.0. The maximum absolute atomic E-state index is 13.0. The van der Waals surface area contributed by atoms with E-state index in [1.165, 1.54) is 11.1 Å². The van der Waals surface area contributed by atoms with Crippen molar-refractivity contribution in [2.75, 3.05) is 32.8 Å². The van der Waals surface area contributed by atoms with Crippen LogP contribution in [0.25, 0.3) is 0 Å². The Morgan fingerprint density at radius 2 is 1.86 bits per heavy atom. The number of hydrogen-bond donors (Lipinski definition) is 0. The van der Waals surface area contributed by atoms with Crippen molar-refractivity contribution in [3.8, 4) is 5.75 Å². The van der Waals surface area contributed by atoms with Crippen LogP contribution in [0.1, 0.15) is 43.5 Å². The van der Waals surface area contributed by atoms with Gasteiger partial charge in [0.05, 0.1) is 19.1 Å². The highest BCUT2D eigenvalue weighted by atomic mass is 16.5. The van der Waals surface area contributed by atoms with Crippen LogP contribution in [-0.4, -0.2) is 48.5 Å². The molecule has 4 heteroatoms. The first-order valence-corrected chi connectivity index (χ1v) is 10.3. The van der Waals surface area contributed by atoms with Crippen LogP contribution < -0.4 is 4.74 Å². The third-order valence-electron chi connectivity index (χ3n) is 6.08. The van der Waals surface area contributed by atoms with E-state index in [2.05, 4.69) is 43.0 Å². The Morgan fingerprint density at radius 1 is 1.11 bits per heavy atom. The lowest BCUT2D eigenvalue weighted by atomic mass is 9.75. The Balaban J connectivity index is 1.47. The third-order valence-corrected chi connectivity index (χ3v) is 6.08. The van der Waals surface area contributed by atoms with E-state index in [-0.39, 0.29) is 11.3 Å². The first-order chi connectivity index (χ1) is 13.5. The van der Waals surface area contributed by atoms with E-state index in [4.69, 9.17) is 4.74 Å². The van der Waals surface area contributed by atoms with Crippen LogP contribution in [0, 0.1) is 0 Å². The summed E-state index contributed by atoms with van der Waals surface area (Å²) in [6.45, 7) is 10.9. The summed E-state index contributed by atoms with van der Waals surface area (Å²) in [4.78, 5) is 17.6. The number of amides is 1. The summed E-state index contributed by atoms with van der Waals surface area (Å²) in [6.07, 6.45) is 0.451. The standard InChI is InChI=1S/C24H30N2O2/c1-4-28-19-11-9-18(10-12-19)15-23(27)25-13-14-26-17-24(2,3)21-8-6-5-7-20(21)22(26)16-25/h5-12,22H,4,13-17H2,1-3H3. The van der Waals surface area contributed by atoms with E-state index >= 15 is 0 Å². The average molecular weight is 379 g/mol. The Bertz CT molecular complexity index is 844. The molecular weight excluding hydrogens is 348 g/mol. The molecule has 0 spiro atoms. The number of rotatable bonds is 4. The van der Waals surface area contributed by atoms with Crippen molar-refractivity contribution in [3.05, 3.63) is 65.2 Å². The van der Waals surface area contributed by atoms with Gasteiger partial charge in [-0.25, -0.2) is 0 Å². The van der Waals surface area contributed by atoms with Crippen molar-refractivity contribution in [1.82, 2.24) is 9.80 Å². The predicted molar refractivity (Wildman–Crippen MR) is 112 cm³/mol. The van der Waals surface area contributed by atoms with Crippen molar-refractivity contribution in [2.24, 2.45) is 0 Å². The number of benzene rings is 2. The van der Waals surface area contributed by atoms with Crippen LogP contribution in [0.4, 0.5) is 0 Å². The maximum atomic E-state index is 13.0. The van der Waals surface area contributed by atoms with Crippen molar-refractivity contribution >= 4 is 5.91 Å².